The Hall–Kier alpha value is -1.95. The summed E-state index contributed by atoms with van der Waals surface area (Å²) in [6.07, 6.45) is 4.08. The Morgan fingerprint density at radius 2 is 2.38 bits per heavy atom. The van der Waals surface area contributed by atoms with Crippen molar-refractivity contribution < 1.29 is 4.52 Å². The lowest BCUT2D eigenvalue weighted by atomic mass is 10.0. The van der Waals surface area contributed by atoms with Gasteiger partial charge >= 0.3 is 0 Å². The molecule has 0 aliphatic carbocycles. The van der Waals surface area contributed by atoms with Gasteiger partial charge in [-0.15, -0.1) is 5.10 Å². The second-order valence-electron chi connectivity index (χ2n) is 5.67. The Morgan fingerprint density at radius 3 is 3.10 bits per heavy atom. The van der Waals surface area contributed by atoms with E-state index < -0.39 is 0 Å². The third kappa shape index (κ3) is 3.39. The van der Waals surface area contributed by atoms with E-state index >= 15 is 0 Å². The van der Waals surface area contributed by atoms with Gasteiger partial charge in [-0.05, 0) is 38.9 Å². The monoisotopic (exact) mass is 287 g/mol. The van der Waals surface area contributed by atoms with Crippen LogP contribution < -0.4 is 4.90 Å². The molecule has 1 saturated heterocycles. The molecule has 6 nitrogen and oxygen atoms in total. The summed E-state index contributed by atoms with van der Waals surface area (Å²) in [6, 6.07) is 6.46. The van der Waals surface area contributed by atoms with E-state index in [2.05, 4.69) is 32.2 Å². The number of aromatic nitrogens is 3. The van der Waals surface area contributed by atoms with Crippen molar-refractivity contribution in [3.63, 3.8) is 0 Å². The topological polar surface area (TPSA) is 58.3 Å². The van der Waals surface area contributed by atoms with Crippen molar-refractivity contribution in [3.8, 4) is 0 Å². The highest BCUT2D eigenvalue weighted by molar-refractivity contribution is 5.37. The van der Waals surface area contributed by atoms with Crippen molar-refractivity contribution >= 4 is 5.82 Å². The molecule has 0 amide bonds. The Labute approximate surface area is 124 Å². The molecule has 1 aliphatic heterocycles. The Kier molecular flexibility index (Phi) is 4.15. The minimum Gasteiger partial charge on any atom is -0.361 e. The third-order valence-corrected chi connectivity index (χ3v) is 3.99. The zero-order chi connectivity index (χ0) is 14.7. The molecule has 21 heavy (non-hydrogen) atoms. The van der Waals surface area contributed by atoms with E-state index in [1.165, 1.54) is 12.8 Å². The van der Waals surface area contributed by atoms with Gasteiger partial charge in [0.1, 0.15) is 5.76 Å². The van der Waals surface area contributed by atoms with Crippen LogP contribution in [0.4, 0.5) is 5.82 Å². The third-order valence-electron chi connectivity index (χ3n) is 3.99. The summed E-state index contributed by atoms with van der Waals surface area (Å²) >= 11 is 0. The molecule has 0 aromatic carbocycles. The summed E-state index contributed by atoms with van der Waals surface area (Å²) < 4.78 is 5.14. The Morgan fingerprint density at radius 1 is 1.48 bits per heavy atom. The molecule has 3 rings (SSSR count). The van der Waals surface area contributed by atoms with E-state index in [1.807, 2.05) is 25.1 Å². The van der Waals surface area contributed by atoms with E-state index in [0.29, 0.717) is 6.04 Å². The van der Waals surface area contributed by atoms with E-state index in [9.17, 15) is 0 Å². The number of hydrogen-bond donors (Lipinski definition) is 0. The fourth-order valence-electron chi connectivity index (χ4n) is 2.86. The lowest BCUT2D eigenvalue weighted by Gasteiger charge is -2.37. The van der Waals surface area contributed by atoms with Crippen LogP contribution in [-0.4, -0.2) is 46.4 Å². The highest BCUT2D eigenvalue weighted by Gasteiger charge is 2.24. The van der Waals surface area contributed by atoms with Crippen molar-refractivity contribution in [2.45, 2.75) is 32.4 Å². The summed E-state index contributed by atoms with van der Waals surface area (Å²) in [5.41, 5.74) is 0.992. The number of hydrogen-bond acceptors (Lipinski definition) is 6. The van der Waals surface area contributed by atoms with E-state index in [1.54, 1.807) is 6.20 Å². The van der Waals surface area contributed by atoms with Gasteiger partial charge in [0, 0.05) is 37.9 Å². The van der Waals surface area contributed by atoms with Crippen LogP contribution in [0.15, 0.2) is 28.9 Å². The zero-order valence-corrected chi connectivity index (χ0v) is 12.6. The highest BCUT2D eigenvalue weighted by atomic mass is 16.5. The molecule has 0 N–H and O–H groups in total. The molecule has 1 unspecified atom stereocenters. The molecule has 1 aliphatic rings. The number of anilines is 1. The first-order chi connectivity index (χ1) is 10.2. The highest BCUT2D eigenvalue weighted by Crippen LogP contribution is 2.20. The minimum absolute atomic E-state index is 0.498. The lowest BCUT2D eigenvalue weighted by molar-refractivity contribution is 0.202. The van der Waals surface area contributed by atoms with Crippen LogP contribution in [-0.2, 0) is 6.54 Å². The van der Waals surface area contributed by atoms with Gasteiger partial charge < -0.3 is 9.42 Å². The van der Waals surface area contributed by atoms with Gasteiger partial charge in [0.2, 0.25) is 0 Å². The normalized spacial score (nSPS) is 19.2. The maximum atomic E-state index is 5.14. The van der Waals surface area contributed by atoms with E-state index in [4.69, 9.17) is 4.52 Å². The van der Waals surface area contributed by atoms with Gasteiger partial charge in [0.25, 0.3) is 0 Å². The van der Waals surface area contributed by atoms with E-state index in [0.717, 1.165) is 36.9 Å². The first kappa shape index (κ1) is 14.0. The number of piperidine rings is 1. The van der Waals surface area contributed by atoms with Gasteiger partial charge in [-0.25, -0.2) is 0 Å². The largest absolute Gasteiger partial charge is 0.361 e. The van der Waals surface area contributed by atoms with Gasteiger partial charge in [-0.1, -0.05) is 5.16 Å². The first-order valence-corrected chi connectivity index (χ1v) is 7.37. The van der Waals surface area contributed by atoms with Gasteiger partial charge in [0.05, 0.1) is 5.69 Å². The molecule has 2 aromatic rings. The number of aryl methyl sites for hydroxylation is 1. The summed E-state index contributed by atoms with van der Waals surface area (Å²) in [6.45, 7) is 4.77. The Bertz CT molecular complexity index is 570. The van der Waals surface area contributed by atoms with Crippen molar-refractivity contribution in [1.29, 1.82) is 0 Å². The Balaban J connectivity index is 1.62. The second kappa shape index (κ2) is 6.22. The molecule has 2 aromatic heterocycles. The van der Waals surface area contributed by atoms with Crippen LogP contribution in [0.1, 0.15) is 24.3 Å². The average molecular weight is 287 g/mol. The number of rotatable bonds is 4. The average Bonchev–Trinajstić information content (AvgIpc) is 2.93. The smallest absolute Gasteiger partial charge is 0.151 e. The van der Waals surface area contributed by atoms with Crippen LogP contribution in [0.2, 0.25) is 0 Å². The lowest BCUT2D eigenvalue weighted by Crippen LogP contribution is -2.46. The molecule has 6 heteroatoms. The minimum atomic E-state index is 0.498. The van der Waals surface area contributed by atoms with Gasteiger partial charge in [0.15, 0.2) is 5.82 Å². The SMILES string of the molecule is Cc1cc(CN(C)C2CCCN(c3cccnn3)C2)no1. The van der Waals surface area contributed by atoms with Gasteiger partial charge in [-0.2, -0.15) is 5.10 Å². The molecule has 0 saturated carbocycles. The van der Waals surface area contributed by atoms with Crippen LogP contribution in [0.5, 0.6) is 0 Å². The molecular formula is C15H21N5O. The zero-order valence-electron chi connectivity index (χ0n) is 12.6. The molecule has 0 bridgehead atoms. The molecule has 0 radical (unpaired) electrons. The predicted octanol–water partition coefficient (Wildman–Crippen LogP) is 1.87. The number of likely N-dealkylation sites (N-methyl/N-ethyl adjacent to an activating group) is 1. The van der Waals surface area contributed by atoms with Crippen molar-refractivity contribution in [3.05, 3.63) is 35.9 Å². The maximum Gasteiger partial charge on any atom is 0.151 e. The van der Waals surface area contributed by atoms with Gasteiger partial charge in [-0.3, -0.25) is 4.90 Å². The van der Waals surface area contributed by atoms with Crippen LogP contribution in [0.3, 0.4) is 0 Å². The number of nitrogens with zero attached hydrogens (tertiary/aromatic N) is 5. The summed E-state index contributed by atoms with van der Waals surface area (Å²) in [7, 11) is 2.15. The van der Waals surface area contributed by atoms with Crippen LogP contribution in [0, 0.1) is 6.92 Å². The quantitative estimate of drug-likeness (QED) is 0.855. The van der Waals surface area contributed by atoms with Crippen LogP contribution >= 0.6 is 0 Å². The molecule has 1 atom stereocenters. The molecule has 0 spiro atoms. The van der Waals surface area contributed by atoms with Crippen molar-refractivity contribution in [2.24, 2.45) is 0 Å². The summed E-state index contributed by atoms with van der Waals surface area (Å²) in [4.78, 5) is 4.66. The fourth-order valence-corrected chi connectivity index (χ4v) is 2.86. The maximum absolute atomic E-state index is 5.14. The van der Waals surface area contributed by atoms with Crippen molar-refractivity contribution in [1.82, 2.24) is 20.3 Å². The van der Waals surface area contributed by atoms with Crippen LogP contribution in [0.25, 0.3) is 0 Å². The van der Waals surface area contributed by atoms with E-state index in [-0.39, 0.29) is 0 Å². The molecule has 112 valence electrons. The molecule has 1 fully saturated rings. The molecule has 3 heterocycles. The van der Waals surface area contributed by atoms with Crippen molar-refractivity contribution in [2.75, 3.05) is 25.0 Å². The standard InChI is InChI=1S/C15H21N5O/c1-12-9-13(18-21-12)10-19(2)14-5-4-8-20(11-14)15-6-3-7-16-17-15/h3,6-7,9,14H,4-5,8,10-11H2,1-2H3. The summed E-state index contributed by atoms with van der Waals surface area (Å²) in [5, 5.41) is 12.3. The summed E-state index contributed by atoms with van der Waals surface area (Å²) in [5.74, 6) is 1.83. The predicted molar refractivity (Wildman–Crippen MR) is 80.0 cm³/mol. The second-order valence-corrected chi connectivity index (χ2v) is 5.67. The fraction of sp³-hybridized carbons (Fsp3) is 0.533. The first-order valence-electron chi connectivity index (χ1n) is 7.37. The molecular weight excluding hydrogens is 266 g/mol.